The van der Waals surface area contributed by atoms with Gasteiger partial charge in [-0.05, 0) is 20.3 Å². The number of amides is 1. The first-order valence-electron chi connectivity index (χ1n) is 5.59. The molecule has 1 atom stereocenters. The molecule has 0 saturated heterocycles. The van der Waals surface area contributed by atoms with Crippen LogP contribution in [0.1, 0.15) is 25.5 Å². The van der Waals surface area contributed by atoms with Crippen LogP contribution in [0, 0.1) is 6.92 Å². The Bertz CT molecular complexity index is 491. The number of carboxylic acid groups (broad SMARTS) is 1. The monoisotopic (exact) mass is 272 g/mol. The predicted octanol–water partition coefficient (Wildman–Crippen LogP) is 0.588. The number of thiazole rings is 1. The summed E-state index contributed by atoms with van der Waals surface area (Å²) in [5.74, 6) is -1.38. The molecular formula is C11H16N2O4S. The van der Waals surface area contributed by atoms with Crippen LogP contribution in [0.25, 0.3) is 0 Å². The molecule has 7 heteroatoms. The molecule has 0 aliphatic carbocycles. The van der Waals surface area contributed by atoms with Crippen LogP contribution >= 0.6 is 11.3 Å². The molecule has 1 aromatic rings. The van der Waals surface area contributed by atoms with E-state index < -0.39 is 12.0 Å². The number of hydrogen-bond acceptors (Lipinski definition) is 4. The van der Waals surface area contributed by atoms with Gasteiger partial charge in [0.15, 0.2) is 0 Å². The lowest BCUT2D eigenvalue weighted by atomic mass is 10.2. The van der Waals surface area contributed by atoms with E-state index in [0.29, 0.717) is 13.0 Å². The minimum atomic E-state index is -1.06. The maximum absolute atomic E-state index is 11.4. The summed E-state index contributed by atoms with van der Waals surface area (Å²) >= 11 is 1.13. The second kappa shape index (κ2) is 6.34. The second-order valence-corrected chi connectivity index (χ2v) is 4.85. The number of nitrogens with one attached hydrogen (secondary N) is 1. The van der Waals surface area contributed by atoms with Crippen LogP contribution in [0.15, 0.2) is 10.2 Å². The van der Waals surface area contributed by atoms with E-state index in [-0.39, 0.29) is 17.2 Å². The van der Waals surface area contributed by atoms with Gasteiger partial charge in [0, 0.05) is 24.0 Å². The van der Waals surface area contributed by atoms with Crippen molar-refractivity contribution < 1.29 is 14.7 Å². The first kappa shape index (κ1) is 14.4. The Hall–Kier alpha value is -1.63. The SMILES string of the molecule is Cc1csc(=O)n1CCCC(=O)N[C@@H](C)C(=O)O. The summed E-state index contributed by atoms with van der Waals surface area (Å²) < 4.78 is 1.61. The summed E-state index contributed by atoms with van der Waals surface area (Å²) in [6.45, 7) is 3.72. The number of hydrogen-bond donors (Lipinski definition) is 2. The fraction of sp³-hybridized carbons (Fsp3) is 0.545. The number of aromatic nitrogens is 1. The van der Waals surface area contributed by atoms with Crippen LogP contribution in [0.3, 0.4) is 0 Å². The van der Waals surface area contributed by atoms with Gasteiger partial charge in [-0.15, -0.1) is 0 Å². The van der Waals surface area contributed by atoms with Crippen LogP contribution in [-0.2, 0) is 16.1 Å². The maximum Gasteiger partial charge on any atom is 0.325 e. The summed E-state index contributed by atoms with van der Waals surface area (Å²) in [7, 11) is 0. The molecule has 0 radical (unpaired) electrons. The first-order valence-corrected chi connectivity index (χ1v) is 6.47. The zero-order valence-electron chi connectivity index (χ0n) is 10.3. The van der Waals surface area contributed by atoms with Gasteiger partial charge in [-0.25, -0.2) is 0 Å². The lowest BCUT2D eigenvalue weighted by molar-refractivity contribution is -0.141. The van der Waals surface area contributed by atoms with Crippen molar-refractivity contribution in [2.75, 3.05) is 0 Å². The standard InChI is InChI=1S/C11H16N2O4S/c1-7-6-18-11(17)13(7)5-3-4-9(14)12-8(2)10(15)16/h6,8H,3-5H2,1-2H3,(H,12,14)(H,15,16)/t8-/m0/s1. The van der Waals surface area contributed by atoms with Crippen molar-refractivity contribution in [1.82, 2.24) is 9.88 Å². The van der Waals surface area contributed by atoms with Crippen LogP contribution in [-0.4, -0.2) is 27.6 Å². The molecule has 0 fully saturated rings. The van der Waals surface area contributed by atoms with Gasteiger partial charge in [0.2, 0.25) is 5.91 Å². The molecule has 1 heterocycles. The summed E-state index contributed by atoms with van der Waals surface area (Å²) in [6.07, 6.45) is 0.717. The van der Waals surface area contributed by atoms with Crippen molar-refractivity contribution in [3.05, 3.63) is 20.7 Å². The maximum atomic E-state index is 11.4. The zero-order chi connectivity index (χ0) is 13.7. The Morgan fingerprint density at radius 1 is 1.56 bits per heavy atom. The second-order valence-electron chi connectivity index (χ2n) is 4.03. The Morgan fingerprint density at radius 3 is 2.72 bits per heavy atom. The van der Waals surface area contributed by atoms with Crippen molar-refractivity contribution in [2.45, 2.75) is 39.3 Å². The number of carboxylic acids is 1. The topological polar surface area (TPSA) is 88.4 Å². The molecule has 2 N–H and O–H groups in total. The fourth-order valence-corrected chi connectivity index (χ4v) is 2.21. The molecule has 0 aliphatic rings. The van der Waals surface area contributed by atoms with Gasteiger partial charge in [-0.1, -0.05) is 11.3 Å². The van der Waals surface area contributed by atoms with Crippen LogP contribution in [0.4, 0.5) is 0 Å². The number of nitrogens with zero attached hydrogens (tertiary/aromatic N) is 1. The number of carbonyl (C=O) groups excluding carboxylic acids is 1. The van der Waals surface area contributed by atoms with Crippen LogP contribution in [0.2, 0.25) is 0 Å². The predicted molar refractivity (Wildman–Crippen MR) is 67.8 cm³/mol. The van der Waals surface area contributed by atoms with E-state index in [9.17, 15) is 14.4 Å². The van der Waals surface area contributed by atoms with Gasteiger partial charge >= 0.3 is 10.8 Å². The van der Waals surface area contributed by atoms with E-state index in [2.05, 4.69) is 5.32 Å². The molecule has 1 rings (SSSR count). The summed E-state index contributed by atoms with van der Waals surface area (Å²) in [4.78, 5) is 33.3. The normalized spacial score (nSPS) is 12.1. The third kappa shape index (κ3) is 3.99. The Kier molecular flexibility index (Phi) is 5.08. The third-order valence-corrected chi connectivity index (χ3v) is 3.39. The van der Waals surface area contributed by atoms with Gasteiger partial charge in [-0.2, -0.15) is 0 Å². The average Bonchev–Trinajstić information content (AvgIpc) is 2.60. The molecule has 0 bridgehead atoms. The molecule has 0 unspecified atom stereocenters. The summed E-state index contributed by atoms with van der Waals surface area (Å²) in [6, 6.07) is -0.886. The highest BCUT2D eigenvalue weighted by atomic mass is 32.1. The minimum Gasteiger partial charge on any atom is -0.480 e. The van der Waals surface area contributed by atoms with E-state index in [1.807, 2.05) is 6.92 Å². The zero-order valence-corrected chi connectivity index (χ0v) is 11.1. The first-order chi connectivity index (χ1) is 8.41. The summed E-state index contributed by atoms with van der Waals surface area (Å²) in [5.41, 5.74) is 0.879. The molecule has 0 aromatic carbocycles. The quantitative estimate of drug-likeness (QED) is 0.793. The smallest absolute Gasteiger partial charge is 0.325 e. The molecule has 1 aromatic heterocycles. The van der Waals surface area contributed by atoms with Crippen LogP contribution < -0.4 is 10.2 Å². The van der Waals surface area contributed by atoms with Gasteiger partial charge in [-0.3, -0.25) is 14.4 Å². The van der Waals surface area contributed by atoms with E-state index in [4.69, 9.17) is 5.11 Å². The number of aryl methyl sites for hydroxylation is 1. The van der Waals surface area contributed by atoms with Crippen molar-refractivity contribution in [1.29, 1.82) is 0 Å². The molecule has 6 nitrogen and oxygen atoms in total. The lowest BCUT2D eigenvalue weighted by Crippen LogP contribution is -2.38. The largest absolute Gasteiger partial charge is 0.480 e. The highest BCUT2D eigenvalue weighted by Gasteiger charge is 2.13. The highest BCUT2D eigenvalue weighted by molar-refractivity contribution is 7.07. The van der Waals surface area contributed by atoms with Crippen molar-refractivity contribution in [3.8, 4) is 0 Å². The van der Waals surface area contributed by atoms with Gasteiger partial charge in [0.25, 0.3) is 0 Å². The van der Waals surface area contributed by atoms with Crippen molar-refractivity contribution in [3.63, 3.8) is 0 Å². The Balaban J connectivity index is 2.36. The lowest BCUT2D eigenvalue weighted by Gasteiger charge is -2.09. The van der Waals surface area contributed by atoms with E-state index in [1.165, 1.54) is 6.92 Å². The average molecular weight is 272 g/mol. The molecule has 0 aliphatic heterocycles. The molecule has 18 heavy (non-hydrogen) atoms. The Morgan fingerprint density at radius 2 is 2.22 bits per heavy atom. The van der Waals surface area contributed by atoms with Crippen molar-refractivity contribution >= 4 is 23.2 Å². The molecule has 0 spiro atoms. The number of carbonyl (C=O) groups is 2. The van der Waals surface area contributed by atoms with Gasteiger partial charge < -0.3 is 15.0 Å². The molecule has 0 saturated carbocycles. The molecule has 1 amide bonds. The fourth-order valence-electron chi connectivity index (χ4n) is 1.45. The summed E-state index contributed by atoms with van der Waals surface area (Å²) in [5, 5.41) is 12.8. The minimum absolute atomic E-state index is 0.0354. The van der Waals surface area contributed by atoms with Gasteiger partial charge in [0.1, 0.15) is 6.04 Å². The highest BCUT2D eigenvalue weighted by Crippen LogP contribution is 2.02. The Labute approximate surface area is 108 Å². The number of rotatable bonds is 6. The molecule has 100 valence electrons. The molecular weight excluding hydrogens is 256 g/mol. The van der Waals surface area contributed by atoms with E-state index in [1.54, 1.807) is 9.95 Å². The van der Waals surface area contributed by atoms with Gasteiger partial charge in [0.05, 0.1) is 0 Å². The van der Waals surface area contributed by atoms with E-state index >= 15 is 0 Å². The van der Waals surface area contributed by atoms with Crippen molar-refractivity contribution in [2.24, 2.45) is 0 Å². The van der Waals surface area contributed by atoms with E-state index in [0.717, 1.165) is 17.0 Å². The third-order valence-electron chi connectivity index (χ3n) is 2.51. The number of aliphatic carboxylic acids is 1. The van der Waals surface area contributed by atoms with Crippen LogP contribution in [0.5, 0.6) is 0 Å².